The molecule has 0 saturated heterocycles. The average molecular weight is 338 g/mol. The summed E-state index contributed by atoms with van der Waals surface area (Å²) >= 11 is 5.56. The third-order valence-electron chi connectivity index (χ3n) is 2.95. The van der Waals surface area contributed by atoms with Gasteiger partial charge in [-0.2, -0.15) is 26.3 Å². The molecule has 1 N–H and O–H groups in total. The van der Waals surface area contributed by atoms with E-state index in [9.17, 15) is 30.7 Å². The van der Waals surface area contributed by atoms with Crippen LogP contribution in [0.4, 0.5) is 30.7 Å². The van der Waals surface area contributed by atoms with Gasteiger partial charge in [-0.3, -0.25) is 0 Å². The predicted molar refractivity (Wildman–Crippen MR) is 63.6 cm³/mol. The van der Waals surface area contributed by atoms with E-state index in [-0.39, 0.29) is 5.56 Å². The number of nitrogens with one attached hydrogen (secondary N) is 1. The van der Waals surface area contributed by atoms with Crippen LogP contribution in [0.2, 0.25) is 5.02 Å². The number of halogens is 8. The molecule has 0 spiro atoms. The van der Waals surface area contributed by atoms with Crippen molar-refractivity contribution in [2.75, 3.05) is 7.05 Å². The molecule has 1 unspecified atom stereocenters. The zero-order chi connectivity index (χ0) is 16.4. The summed E-state index contributed by atoms with van der Waals surface area (Å²) in [5, 5.41) is 1.50. The van der Waals surface area contributed by atoms with Gasteiger partial charge < -0.3 is 5.32 Å². The second kappa shape index (κ2) is 6.39. The Kier molecular flexibility index (Phi) is 5.49. The van der Waals surface area contributed by atoms with E-state index in [1.165, 1.54) is 12.1 Å². The standard InChI is InChI=1S/C12H11ClF7N/c1-21-8(10(11(15,16)17)12(18,19)20)5-6-3-2-4-7(14)9(6)13/h2-4,8,10,21H,5H2,1H3. The van der Waals surface area contributed by atoms with Crippen LogP contribution in [-0.4, -0.2) is 25.4 Å². The van der Waals surface area contributed by atoms with Crippen molar-refractivity contribution in [2.45, 2.75) is 24.8 Å². The highest BCUT2D eigenvalue weighted by atomic mass is 35.5. The quantitative estimate of drug-likeness (QED) is 0.805. The van der Waals surface area contributed by atoms with Crippen LogP contribution in [0.1, 0.15) is 5.56 Å². The van der Waals surface area contributed by atoms with Gasteiger partial charge in [0, 0.05) is 6.04 Å². The number of hydrogen-bond donors (Lipinski definition) is 1. The lowest BCUT2D eigenvalue weighted by molar-refractivity contribution is -0.291. The van der Waals surface area contributed by atoms with Crippen LogP contribution in [0.5, 0.6) is 0 Å². The summed E-state index contributed by atoms with van der Waals surface area (Å²) in [6.07, 6.45) is -11.7. The second-order valence-corrected chi connectivity index (χ2v) is 4.75. The molecule has 0 fully saturated rings. The van der Waals surface area contributed by atoms with Gasteiger partial charge in [-0.15, -0.1) is 0 Å². The molecular formula is C12H11ClF7N. The molecule has 0 aliphatic carbocycles. The number of benzene rings is 1. The summed E-state index contributed by atoms with van der Waals surface area (Å²) in [6.45, 7) is 0. The van der Waals surface area contributed by atoms with Crippen molar-refractivity contribution in [3.05, 3.63) is 34.6 Å². The van der Waals surface area contributed by atoms with Crippen molar-refractivity contribution >= 4 is 11.6 Å². The van der Waals surface area contributed by atoms with E-state index in [4.69, 9.17) is 11.6 Å². The number of alkyl halides is 6. The Labute approximate surface area is 121 Å². The highest BCUT2D eigenvalue weighted by molar-refractivity contribution is 6.31. The summed E-state index contributed by atoms with van der Waals surface area (Å²) in [7, 11) is 0.975. The lowest BCUT2D eigenvalue weighted by Crippen LogP contribution is -2.51. The van der Waals surface area contributed by atoms with Crippen molar-refractivity contribution in [1.82, 2.24) is 5.32 Å². The highest BCUT2D eigenvalue weighted by Gasteiger charge is 2.59. The van der Waals surface area contributed by atoms with E-state index in [1.54, 1.807) is 0 Å². The topological polar surface area (TPSA) is 12.0 Å². The van der Waals surface area contributed by atoms with Crippen molar-refractivity contribution < 1.29 is 30.7 Å². The molecule has 1 aromatic carbocycles. The molecule has 0 radical (unpaired) electrons. The van der Waals surface area contributed by atoms with Crippen LogP contribution in [-0.2, 0) is 6.42 Å². The molecule has 21 heavy (non-hydrogen) atoms. The van der Waals surface area contributed by atoms with Crippen molar-refractivity contribution in [1.29, 1.82) is 0 Å². The van der Waals surface area contributed by atoms with Gasteiger partial charge in [0.1, 0.15) is 5.82 Å². The third-order valence-corrected chi connectivity index (χ3v) is 3.37. The molecule has 0 aliphatic heterocycles. The second-order valence-electron chi connectivity index (χ2n) is 4.37. The first-order valence-corrected chi connectivity index (χ1v) is 6.09. The van der Waals surface area contributed by atoms with Crippen LogP contribution in [0.15, 0.2) is 18.2 Å². The van der Waals surface area contributed by atoms with Gasteiger partial charge in [0.25, 0.3) is 0 Å². The number of rotatable bonds is 4. The zero-order valence-corrected chi connectivity index (χ0v) is 11.4. The van der Waals surface area contributed by atoms with Crippen molar-refractivity contribution in [3.63, 3.8) is 0 Å². The largest absolute Gasteiger partial charge is 0.402 e. The lowest BCUT2D eigenvalue weighted by Gasteiger charge is -2.30. The van der Waals surface area contributed by atoms with Gasteiger partial charge in [-0.25, -0.2) is 4.39 Å². The maximum absolute atomic E-state index is 13.2. The zero-order valence-electron chi connectivity index (χ0n) is 10.6. The lowest BCUT2D eigenvalue weighted by atomic mass is 9.92. The number of likely N-dealkylation sites (N-methyl/N-ethyl adjacent to an activating group) is 1. The predicted octanol–water partition coefficient (Wildman–Crippen LogP) is 4.35. The Morgan fingerprint density at radius 2 is 1.62 bits per heavy atom. The molecular weight excluding hydrogens is 327 g/mol. The summed E-state index contributed by atoms with van der Waals surface area (Å²) in [5.41, 5.74) is -0.130. The van der Waals surface area contributed by atoms with Crippen LogP contribution in [0.3, 0.4) is 0 Å². The summed E-state index contributed by atoms with van der Waals surface area (Å²) in [6, 6.07) is 1.30. The molecule has 9 heteroatoms. The molecule has 0 aromatic heterocycles. The van der Waals surface area contributed by atoms with Gasteiger partial charge in [-0.1, -0.05) is 23.7 Å². The van der Waals surface area contributed by atoms with Gasteiger partial charge >= 0.3 is 12.4 Å². The molecule has 120 valence electrons. The van der Waals surface area contributed by atoms with E-state index in [0.29, 0.717) is 0 Å². The molecule has 0 amide bonds. The number of hydrogen-bond acceptors (Lipinski definition) is 1. The van der Waals surface area contributed by atoms with Crippen LogP contribution in [0, 0.1) is 11.7 Å². The molecule has 0 saturated carbocycles. The normalized spacial score (nSPS) is 14.6. The minimum Gasteiger partial charge on any atom is -0.316 e. The minimum absolute atomic E-state index is 0.130. The summed E-state index contributed by atoms with van der Waals surface area (Å²) in [5.74, 6) is -4.48. The molecule has 1 aromatic rings. The molecule has 0 aliphatic rings. The third kappa shape index (κ3) is 4.47. The maximum atomic E-state index is 13.2. The van der Waals surface area contributed by atoms with Gasteiger partial charge in [-0.05, 0) is 25.1 Å². The Bertz CT molecular complexity index is 469. The summed E-state index contributed by atoms with van der Waals surface area (Å²) < 4.78 is 89.2. The van der Waals surface area contributed by atoms with Crippen LogP contribution in [0.25, 0.3) is 0 Å². The monoisotopic (exact) mass is 337 g/mol. The average Bonchev–Trinajstić information content (AvgIpc) is 2.30. The molecule has 0 bridgehead atoms. The van der Waals surface area contributed by atoms with Crippen molar-refractivity contribution in [2.24, 2.45) is 5.92 Å². The Morgan fingerprint density at radius 3 is 2.05 bits per heavy atom. The van der Waals surface area contributed by atoms with E-state index >= 15 is 0 Å². The Morgan fingerprint density at radius 1 is 1.10 bits per heavy atom. The van der Waals surface area contributed by atoms with Crippen LogP contribution >= 0.6 is 11.6 Å². The fourth-order valence-corrected chi connectivity index (χ4v) is 2.17. The molecule has 0 heterocycles. The first-order valence-electron chi connectivity index (χ1n) is 5.72. The molecule has 1 rings (SSSR count). The molecule has 1 nitrogen and oxygen atoms in total. The van der Waals surface area contributed by atoms with E-state index in [1.807, 2.05) is 5.32 Å². The van der Waals surface area contributed by atoms with Gasteiger partial charge in [0.15, 0.2) is 5.92 Å². The molecule has 1 atom stereocenters. The van der Waals surface area contributed by atoms with Gasteiger partial charge in [0.05, 0.1) is 5.02 Å². The van der Waals surface area contributed by atoms with E-state index < -0.39 is 41.6 Å². The van der Waals surface area contributed by atoms with Crippen molar-refractivity contribution in [3.8, 4) is 0 Å². The van der Waals surface area contributed by atoms with E-state index in [0.717, 1.165) is 13.1 Å². The first-order chi connectivity index (χ1) is 9.48. The SMILES string of the molecule is CNC(Cc1cccc(F)c1Cl)C(C(F)(F)F)C(F)(F)F. The summed E-state index contributed by atoms with van der Waals surface area (Å²) in [4.78, 5) is 0. The Balaban J connectivity index is 3.14. The first kappa shape index (κ1) is 18.0. The highest BCUT2D eigenvalue weighted by Crippen LogP contribution is 2.42. The maximum Gasteiger partial charge on any atom is 0.402 e. The van der Waals surface area contributed by atoms with Gasteiger partial charge in [0.2, 0.25) is 0 Å². The smallest absolute Gasteiger partial charge is 0.316 e. The fraction of sp³-hybridized carbons (Fsp3) is 0.500. The minimum atomic E-state index is -5.48. The Hall–Kier alpha value is -1.02. The van der Waals surface area contributed by atoms with E-state index in [2.05, 4.69) is 0 Å². The fourth-order valence-electron chi connectivity index (χ4n) is 1.97. The van der Waals surface area contributed by atoms with Crippen LogP contribution < -0.4 is 5.32 Å².